The largest absolute Gasteiger partial charge is 0.312 e. The molecule has 1 heterocycles. The summed E-state index contributed by atoms with van der Waals surface area (Å²) in [4.78, 5) is 0. The van der Waals surface area contributed by atoms with Gasteiger partial charge in [-0.05, 0) is 26.3 Å². The van der Waals surface area contributed by atoms with Crippen LogP contribution in [0.5, 0.6) is 0 Å². The lowest BCUT2D eigenvalue weighted by Gasteiger charge is -2.30. The average molecular weight is 242 g/mol. The van der Waals surface area contributed by atoms with E-state index in [1.165, 1.54) is 25.7 Å². The van der Waals surface area contributed by atoms with Crippen molar-refractivity contribution in [1.29, 1.82) is 0 Å². The SMILES string of the molecule is CCn1ncc(Cl)c1C(CC1CCC1)NC. The molecule has 1 aromatic rings. The van der Waals surface area contributed by atoms with E-state index in [-0.39, 0.29) is 0 Å². The number of nitrogens with zero attached hydrogens (tertiary/aromatic N) is 2. The first-order valence-corrected chi connectivity index (χ1v) is 6.52. The molecule has 1 N–H and O–H groups in total. The fraction of sp³-hybridized carbons (Fsp3) is 0.750. The summed E-state index contributed by atoms with van der Waals surface area (Å²) in [6.45, 7) is 2.98. The van der Waals surface area contributed by atoms with Crippen LogP contribution in [-0.2, 0) is 6.54 Å². The standard InChI is InChI=1S/C12H20ClN3/c1-3-16-12(10(13)8-15-16)11(14-2)7-9-5-4-6-9/h8-9,11,14H,3-7H2,1-2H3. The maximum absolute atomic E-state index is 6.22. The molecule has 90 valence electrons. The highest BCUT2D eigenvalue weighted by Crippen LogP contribution is 2.36. The second-order valence-corrected chi connectivity index (χ2v) is 4.97. The van der Waals surface area contributed by atoms with Gasteiger partial charge in [0, 0.05) is 6.54 Å². The molecule has 3 nitrogen and oxygen atoms in total. The highest BCUT2D eigenvalue weighted by Gasteiger charge is 2.25. The molecule has 1 fully saturated rings. The van der Waals surface area contributed by atoms with Crippen LogP contribution in [0.1, 0.15) is 44.3 Å². The van der Waals surface area contributed by atoms with E-state index < -0.39 is 0 Å². The molecule has 1 saturated carbocycles. The van der Waals surface area contributed by atoms with Crippen LogP contribution in [0, 0.1) is 5.92 Å². The molecule has 0 bridgehead atoms. The molecule has 0 saturated heterocycles. The number of aryl methyl sites for hydroxylation is 1. The van der Waals surface area contributed by atoms with Crippen molar-refractivity contribution in [2.45, 2.75) is 45.2 Å². The third-order valence-electron chi connectivity index (χ3n) is 3.61. The second kappa shape index (κ2) is 5.19. The fourth-order valence-electron chi connectivity index (χ4n) is 2.40. The second-order valence-electron chi connectivity index (χ2n) is 4.57. The van der Waals surface area contributed by atoms with E-state index in [1.54, 1.807) is 6.20 Å². The van der Waals surface area contributed by atoms with Crippen molar-refractivity contribution in [1.82, 2.24) is 15.1 Å². The topological polar surface area (TPSA) is 29.9 Å². The predicted molar refractivity (Wildman–Crippen MR) is 66.7 cm³/mol. The molecule has 0 spiro atoms. The minimum atomic E-state index is 0.347. The molecule has 16 heavy (non-hydrogen) atoms. The molecule has 0 aliphatic heterocycles. The van der Waals surface area contributed by atoms with Gasteiger partial charge in [-0.1, -0.05) is 30.9 Å². The summed E-state index contributed by atoms with van der Waals surface area (Å²) in [5.74, 6) is 0.869. The van der Waals surface area contributed by atoms with Crippen molar-refractivity contribution >= 4 is 11.6 Å². The maximum Gasteiger partial charge on any atom is 0.0834 e. The molecule has 1 unspecified atom stereocenters. The quantitative estimate of drug-likeness (QED) is 0.859. The van der Waals surface area contributed by atoms with E-state index in [4.69, 9.17) is 11.6 Å². The number of hydrogen-bond donors (Lipinski definition) is 1. The van der Waals surface area contributed by atoms with Gasteiger partial charge in [-0.3, -0.25) is 4.68 Å². The van der Waals surface area contributed by atoms with E-state index >= 15 is 0 Å². The fourth-order valence-corrected chi connectivity index (χ4v) is 2.67. The highest BCUT2D eigenvalue weighted by atomic mass is 35.5. The van der Waals surface area contributed by atoms with Gasteiger partial charge < -0.3 is 5.32 Å². The van der Waals surface area contributed by atoms with Gasteiger partial charge in [0.15, 0.2) is 0 Å². The van der Waals surface area contributed by atoms with E-state index in [0.717, 1.165) is 23.2 Å². The number of hydrogen-bond acceptors (Lipinski definition) is 2. The average Bonchev–Trinajstić information content (AvgIpc) is 2.59. The van der Waals surface area contributed by atoms with Gasteiger partial charge >= 0.3 is 0 Å². The van der Waals surface area contributed by atoms with E-state index in [0.29, 0.717) is 6.04 Å². The lowest BCUT2D eigenvalue weighted by Crippen LogP contribution is -2.25. The third-order valence-corrected chi connectivity index (χ3v) is 3.90. The lowest BCUT2D eigenvalue weighted by atomic mass is 9.80. The van der Waals surface area contributed by atoms with Gasteiger partial charge in [0.05, 0.1) is 23.0 Å². The molecular weight excluding hydrogens is 222 g/mol. The summed E-state index contributed by atoms with van der Waals surface area (Å²) in [5.41, 5.74) is 1.15. The molecule has 0 radical (unpaired) electrons. The van der Waals surface area contributed by atoms with Crippen LogP contribution in [0.25, 0.3) is 0 Å². The Kier molecular flexibility index (Phi) is 3.87. The Morgan fingerprint density at radius 2 is 2.38 bits per heavy atom. The molecule has 4 heteroatoms. The Bertz CT molecular complexity index is 344. The van der Waals surface area contributed by atoms with E-state index in [1.807, 2.05) is 11.7 Å². The smallest absolute Gasteiger partial charge is 0.0834 e. The van der Waals surface area contributed by atoms with Crippen LogP contribution in [0.15, 0.2) is 6.20 Å². The van der Waals surface area contributed by atoms with Crippen molar-refractivity contribution in [2.75, 3.05) is 7.05 Å². The number of halogens is 1. The van der Waals surface area contributed by atoms with Crippen LogP contribution in [-0.4, -0.2) is 16.8 Å². The highest BCUT2D eigenvalue weighted by molar-refractivity contribution is 6.31. The monoisotopic (exact) mass is 241 g/mol. The van der Waals surface area contributed by atoms with Crippen LogP contribution >= 0.6 is 11.6 Å². The summed E-state index contributed by atoms with van der Waals surface area (Å²) < 4.78 is 2.00. The Morgan fingerprint density at radius 3 is 2.88 bits per heavy atom. The first-order valence-electron chi connectivity index (χ1n) is 6.14. The first kappa shape index (κ1) is 11.9. The van der Waals surface area contributed by atoms with Gasteiger partial charge in [-0.15, -0.1) is 0 Å². The van der Waals surface area contributed by atoms with Crippen LogP contribution in [0.2, 0.25) is 5.02 Å². The van der Waals surface area contributed by atoms with Crippen molar-refractivity contribution < 1.29 is 0 Å². The summed E-state index contributed by atoms with van der Waals surface area (Å²) in [7, 11) is 2.01. The summed E-state index contributed by atoms with van der Waals surface area (Å²) in [5, 5.41) is 8.46. The van der Waals surface area contributed by atoms with Gasteiger partial charge in [-0.25, -0.2) is 0 Å². The number of nitrogens with one attached hydrogen (secondary N) is 1. The van der Waals surface area contributed by atoms with Crippen molar-refractivity contribution in [2.24, 2.45) is 5.92 Å². The number of aromatic nitrogens is 2. The minimum Gasteiger partial charge on any atom is -0.312 e. The molecule has 1 atom stereocenters. The number of rotatable bonds is 5. The lowest BCUT2D eigenvalue weighted by molar-refractivity contribution is 0.261. The first-order chi connectivity index (χ1) is 7.76. The third kappa shape index (κ3) is 2.25. The normalized spacial score (nSPS) is 18.4. The molecule has 0 aromatic carbocycles. The maximum atomic E-state index is 6.22. The van der Waals surface area contributed by atoms with E-state index in [2.05, 4.69) is 17.3 Å². The van der Waals surface area contributed by atoms with Gasteiger partial charge in [0.1, 0.15) is 0 Å². The zero-order valence-electron chi connectivity index (χ0n) is 10.0. The zero-order valence-corrected chi connectivity index (χ0v) is 10.8. The summed E-state index contributed by atoms with van der Waals surface area (Å²) in [6.07, 6.45) is 7.07. The van der Waals surface area contributed by atoms with Gasteiger partial charge in [0.2, 0.25) is 0 Å². The Balaban J connectivity index is 2.13. The molecule has 1 aromatic heterocycles. The van der Waals surface area contributed by atoms with Crippen molar-refractivity contribution in [3.8, 4) is 0 Å². The Hall–Kier alpha value is -0.540. The van der Waals surface area contributed by atoms with Gasteiger partial charge in [-0.2, -0.15) is 5.10 Å². The zero-order chi connectivity index (χ0) is 11.5. The molecule has 0 amide bonds. The van der Waals surface area contributed by atoms with Crippen molar-refractivity contribution in [3.05, 3.63) is 16.9 Å². The van der Waals surface area contributed by atoms with Crippen LogP contribution < -0.4 is 5.32 Å². The Labute approximate surface area is 102 Å². The molecular formula is C12H20ClN3. The van der Waals surface area contributed by atoms with Crippen LogP contribution in [0.3, 0.4) is 0 Å². The molecule has 1 aliphatic carbocycles. The minimum absolute atomic E-state index is 0.347. The summed E-state index contributed by atoms with van der Waals surface area (Å²) in [6, 6.07) is 0.347. The molecule has 1 aliphatic rings. The van der Waals surface area contributed by atoms with Crippen LogP contribution in [0.4, 0.5) is 0 Å². The Morgan fingerprint density at radius 1 is 1.62 bits per heavy atom. The van der Waals surface area contributed by atoms with Gasteiger partial charge in [0.25, 0.3) is 0 Å². The predicted octanol–water partition coefficient (Wildman–Crippen LogP) is 3.01. The van der Waals surface area contributed by atoms with E-state index in [9.17, 15) is 0 Å². The molecule has 2 rings (SSSR count). The van der Waals surface area contributed by atoms with Crippen molar-refractivity contribution in [3.63, 3.8) is 0 Å². The summed E-state index contributed by atoms with van der Waals surface area (Å²) >= 11 is 6.22.